The zero-order valence-corrected chi connectivity index (χ0v) is 16.8. The van der Waals surface area contributed by atoms with Crippen molar-refractivity contribution < 1.29 is 24.5 Å². The van der Waals surface area contributed by atoms with Gasteiger partial charge in [0.05, 0.1) is 11.3 Å². The summed E-state index contributed by atoms with van der Waals surface area (Å²) in [4.78, 5) is 24.0. The number of esters is 1. The van der Waals surface area contributed by atoms with Crippen molar-refractivity contribution in [2.45, 2.75) is 13.5 Å². The van der Waals surface area contributed by atoms with Crippen molar-refractivity contribution in [2.24, 2.45) is 10.2 Å². The highest BCUT2D eigenvalue weighted by atomic mass is 16.5. The summed E-state index contributed by atoms with van der Waals surface area (Å²) in [7, 11) is 0. The van der Waals surface area contributed by atoms with Gasteiger partial charge in [0.15, 0.2) is 5.78 Å². The van der Waals surface area contributed by atoms with Crippen LogP contribution in [0.5, 0.6) is 11.5 Å². The minimum atomic E-state index is -0.531. The topological polar surface area (TPSA) is 109 Å². The van der Waals surface area contributed by atoms with Gasteiger partial charge < -0.3 is 14.9 Å². The van der Waals surface area contributed by atoms with Gasteiger partial charge in [0.2, 0.25) is 0 Å². The summed E-state index contributed by atoms with van der Waals surface area (Å²) < 4.78 is 5.06. The highest BCUT2D eigenvalue weighted by Crippen LogP contribution is 2.36. The molecule has 2 N–H and O–H groups in total. The maximum Gasteiger partial charge on any atom is 0.330 e. The smallest absolute Gasteiger partial charge is 0.330 e. The molecule has 0 aromatic heterocycles. The SMILES string of the molecule is C=CC(=O)OCc1cccc(N=Nc2cc(C(=O)c3ccccc3)c(O)cc2O)c1C. The second kappa shape index (κ2) is 9.49. The van der Waals surface area contributed by atoms with Gasteiger partial charge in [0.25, 0.3) is 0 Å². The summed E-state index contributed by atoms with van der Waals surface area (Å²) >= 11 is 0. The predicted molar refractivity (Wildman–Crippen MR) is 115 cm³/mol. The number of aromatic hydroxyl groups is 2. The third kappa shape index (κ3) is 5.02. The number of hydrogen-bond donors (Lipinski definition) is 2. The number of hydrogen-bond acceptors (Lipinski definition) is 7. The van der Waals surface area contributed by atoms with Crippen LogP contribution >= 0.6 is 0 Å². The molecule has 0 saturated carbocycles. The average Bonchev–Trinajstić information content (AvgIpc) is 2.78. The molecular formula is C24H20N2O5. The Morgan fingerprint density at radius 2 is 1.68 bits per heavy atom. The molecule has 0 heterocycles. The fraction of sp³-hybridized carbons (Fsp3) is 0.0833. The second-order valence-corrected chi connectivity index (χ2v) is 6.63. The Hall–Kier alpha value is -4.26. The zero-order valence-electron chi connectivity index (χ0n) is 16.8. The predicted octanol–water partition coefficient (Wildman–Crippen LogP) is 5.28. The van der Waals surface area contributed by atoms with Crippen molar-refractivity contribution in [3.05, 3.63) is 95.6 Å². The summed E-state index contributed by atoms with van der Waals surface area (Å²) in [6, 6.07) is 16.1. The molecule has 3 rings (SSSR count). The number of phenols is 2. The summed E-state index contributed by atoms with van der Waals surface area (Å²) in [5, 5.41) is 28.5. The fourth-order valence-electron chi connectivity index (χ4n) is 2.82. The summed E-state index contributed by atoms with van der Waals surface area (Å²) in [6.07, 6.45) is 1.08. The number of ketones is 1. The molecule has 0 saturated heterocycles. The maximum atomic E-state index is 12.7. The lowest BCUT2D eigenvalue weighted by Crippen LogP contribution is -2.01. The first-order chi connectivity index (χ1) is 14.9. The zero-order chi connectivity index (χ0) is 22.4. The van der Waals surface area contributed by atoms with Crippen molar-refractivity contribution in [1.29, 1.82) is 0 Å². The number of nitrogens with zero attached hydrogens (tertiary/aromatic N) is 2. The molecule has 7 nitrogen and oxygen atoms in total. The molecule has 0 aliphatic carbocycles. The lowest BCUT2D eigenvalue weighted by Gasteiger charge is -2.09. The van der Waals surface area contributed by atoms with Gasteiger partial charge in [0.1, 0.15) is 23.8 Å². The first kappa shape index (κ1) is 21.4. The highest BCUT2D eigenvalue weighted by Gasteiger charge is 2.17. The number of ether oxygens (including phenoxy) is 1. The Morgan fingerprint density at radius 3 is 2.39 bits per heavy atom. The van der Waals surface area contributed by atoms with Crippen molar-refractivity contribution in [3.8, 4) is 11.5 Å². The number of phenolic OH excluding ortho intramolecular Hbond substituents is 2. The van der Waals surface area contributed by atoms with Gasteiger partial charge in [-0.05, 0) is 30.2 Å². The second-order valence-electron chi connectivity index (χ2n) is 6.63. The molecule has 0 spiro atoms. The van der Waals surface area contributed by atoms with Crippen LogP contribution in [0.4, 0.5) is 11.4 Å². The molecule has 7 heteroatoms. The summed E-state index contributed by atoms with van der Waals surface area (Å²) in [5.41, 5.74) is 2.39. The summed E-state index contributed by atoms with van der Waals surface area (Å²) in [6.45, 7) is 5.21. The third-order valence-corrected chi connectivity index (χ3v) is 4.59. The number of carbonyl (C=O) groups is 2. The van der Waals surface area contributed by atoms with Gasteiger partial charge in [0, 0.05) is 17.7 Å². The average molecular weight is 416 g/mol. The van der Waals surface area contributed by atoms with E-state index in [9.17, 15) is 19.8 Å². The van der Waals surface area contributed by atoms with Crippen LogP contribution in [0.2, 0.25) is 0 Å². The van der Waals surface area contributed by atoms with E-state index in [0.29, 0.717) is 11.3 Å². The van der Waals surface area contributed by atoms with Crippen LogP contribution in [0.1, 0.15) is 27.0 Å². The molecule has 0 fully saturated rings. The Labute approximate surface area is 179 Å². The molecule has 0 atom stereocenters. The maximum absolute atomic E-state index is 12.7. The summed E-state index contributed by atoms with van der Waals surface area (Å²) in [5.74, 6) is -1.61. The third-order valence-electron chi connectivity index (χ3n) is 4.59. The standard InChI is InChI=1S/C24H20N2O5/c1-3-23(29)31-14-17-10-7-11-19(15(17)2)25-26-20-12-18(21(27)13-22(20)28)24(30)16-8-5-4-6-9-16/h3-13,27-28H,1,14H2,2H3. The van der Waals surface area contributed by atoms with Crippen molar-refractivity contribution in [3.63, 3.8) is 0 Å². The molecule has 0 unspecified atom stereocenters. The monoisotopic (exact) mass is 416 g/mol. The Balaban J connectivity index is 1.90. The van der Waals surface area contributed by atoms with Gasteiger partial charge in [-0.15, -0.1) is 5.11 Å². The Morgan fingerprint density at radius 1 is 0.968 bits per heavy atom. The highest BCUT2D eigenvalue weighted by molar-refractivity contribution is 6.11. The van der Waals surface area contributed by atoms with E-state index in [1.807, 2.05) is 0 Å². The van der Waals surface area contributed by atoms with Crippen LogP contribution in [0.15, 0.2) is 83.5 Å². The van der Waals surface area contributed by atoms with E-state index in [1.165, 1.54) is 6.07 Å². The van der Waals surface area contributed by atoms with E-state index in [2.05, 4.69) is 16.8 Å². The Bertz CT molecular complexity index is 1170. The number of rotatable bonds is 7. The first-order valence-corrected chi connectivity index (χ1v) is 9.36. The quantitative estimate of drug-likeness (QED) is 0.236. The molecule has 0 aliphatic rings. The van der Waals surface area contributed by atoms with Crippen molar-refractivity contribution in [1.82, 2.24) is 0 Å². The van der Waals surface area contributed by atoms with E-state index in [-0.39, 0.29) is 29.4 Å². The van der Waals surface area contributed by atoms with Gasteiger partial charge in [-0.25, -0.2) is 4.79 Å². The van der Waals surface area contributed by atoms with Crippen LogP contribution in [0.3, 0.4) is 0 Å². The molecule has 0 aliphatic heterocycles. The van der Waals surface area contributed by atoms with Crippen LogP contribution in [-0.2, 0) is 16.1 Å². The molecule has 3 aromatic carbocycles. The van der Waals surface area contributed by atoms with Gasteiger partial charge in [-0.2, -0.15) is 5.11 Å². The fourth-order valence-corrected chi connectivity index (χ4v) is 2.82. The molecule has 156 valence electrons. The molecule has 3 aromatic rings. The molecule has 31 heavy (non-hydrogen) atoms. The Kier molecular flexibility index (Phi) is 6.57. The van der Waals surface area contributed by atoms with Crippen LogP contribution < -0.4 is 0 Å². The van der Waals surface area contributed by atoms with Crippen molar-refractivity contribution in [2.75, 3.05) is 0 Å². The van der Waals surface area contributed by atoms with Crippen molar-refractivity contribution >= 4 is 23.1 Å². The van der Waals surface area contributed by atoms with Crippen LogP contribution in [0.25, 0.3) is 0 Å². The van der Waals surface area contributed by atoms with Crippen LogP contribution in [0, 0.1) is 6.92 Å². The molecular weight excluding hydrogens is 396 g/mol. The lowest BCUT2D eigenvalue weighted by atomic mass is 10.0. The van der Waals surface area contributed by atoms with E-state index >= 15 is 0 Å². The lowest BCUT2D eigenvalue weighted by molar-refractivity contribution is -0.138. The molecule has 0 amide bonds. The largest absolute Gasteiger partial charge is 0.507 e. The first-order valence-electron chi connectivity index (χ1n) is 9.36. The minimum absolute atomic E-state index is 0.000222. The number of carbonyl (C=O) groups excluding carboxylic acids is 2. The molecule has 0 bridgehead atoms. The van der Waals surface area contributed by atoms with E-state index in [1.54, 1.807) is 55.5 Å². The number of benzene rings is 3. The van der Waals surface area contributed by atoms with Gasteiger partial charge >= 0.3 is 5.97 Å². The molecule has 0 radical (unpaired) electrons. The number of azo groups is 1. The minimum Gasteiger partial charge on any atom is -0.507 e. The normalized spacial score (nSPS) is 10.7. The van der Waals surface area contributed by atoms with Gasteiger partial charge in [-0.3, -0.25) is 4.79 Å². The van der Waals surface area contributed by atoms with Gasteiger partial charge in [-0.1, -0.05) is 49.0 Å². The van der Waals surface area contributed by atoms with E-state index in [4.69, 9.17) is 4.74 Å². The van der Waals surface area contributed by atoms with E-state index in [0.717, 1.165) is 23.3 Å². The van der Waals surface area contributed by atoms with E-state index < -0.39 is 11.8 Å². The van der Waals surface area contributed by atoms with Crippen LogP contribution in [-0.4, -0.2) is 22.0 Å².